The average Bonchev–Trinajstić information content (AvgIpc) is 2.79. The largest absolute Gasteiger partial charge is 0.490 e. The second kappa shape index (κ2) is 10.6. The van der Waals surface area contributed by atoms with Gasteiger partial charge in [-0.3, -0.25) is 4.79 Å². The highest BCUT2D eigenvalue weighted by Gasteiger charge is 2.18. The van der Waals surface area contributed by atoms with Crippen molar-refractivity contribution >= 4 is 39.0 Å². The zero-order chi connectivity index (χ0) is 24.1. The van der Waals surface area contributed by atoms with Gasteiger partial charge in [-0.15, -0.1) is 0 Å². The molecule has 0 aliphatic rings. The molecule has 0 fully saturated rings. The Morgan fingerprint density at radius 3 is 2.61 bits per heavy atom. The van der Waals surface area contributed by atoms with E-state index < -0.39 is 12.1 Å². The number of carbonyl (C=O) groups is 1. The SMILES string of the molecule is CCOc1cc(C=Nn2c(C(C)C)nc3ccc(Br)cc3c2=O)ccc1O[C@H](C)C(=O)OC. The van der Waals surface area contributed by atoms with Gasteiger partial charge in [0.15, 0.2) is 17.6 Å². The number of hydrogen-bond acceptors (Lipinski definition) is 7. The molecule has 33 heavy (non-hydrogen) atoms. The lowest BCUT2D eigenvalue weighted by molar-refractivity contribution is -0.147. The summed E-state index contributed by atoms with van der Waals surface area (Å²) in [6, 6.07) is 10.6. The number of hydrogen-bond donors (Lipinski definition) is 0. The van der Waals surface area contributed by atoms with E-state index in [1.165, 1.54) is 11.8 Å². The van der Waals surface area contributed by atoms with Crippen molar-refractivity contribution in [1.29, 1.82) is 0 Å². The highest BCUT2D eigenvalue weighted by atomic mass is 79.9. The van der Waals surface area contributed by atoms with Gasteiger partial charge in [0, 0.05) is 10.4 Å². The standard InChI is InChI=1S/C24H26BrN3O5/c1-6-32-21-11-16(7-10-20(21)33-15(4)24(30)31-5)13-26-28-22(14(2)3)27-19-9-8-17(25)12-18(19)23(28)29/h7-15H,6H2,1-5H3/t15-/m1/s1. The fourth-order valence-electron chi connectivity index (χ4n) is 3.15. The summed E-state index contributed by atoms with van der Waals surface area (Å²) in [7, 11) is 1.30. The molecule has 0 radical (unpaired) electrons. The summed E-state index contributed by atoms with van der Waals surface area (Å²) in [6.45, 7) is 7.77. The van der Waals surface area contributed by atoms with Crippen LogP contribution in [0.3, 0.4) is 0 Å². The van der Waals surface area contributed by atoms with Gasteiger partial charge in [-0.2, -0.15) is 9.78 Å². The van der Waals surface area contributed by atoms with E-state index in [0.29, 0.717) is 40.4 Å². The Morgan fingerprint density at radius 2 is 1.94 bits per heavy atom. The van der Waals surface area contributed by atoms with Gasteiger partial charge in [0.25, 0.3) is 5.56 Å². The lowest BCUT2D eigenvalue weighted by atomic mass is 10.2. The summed E-state index contributed by atoms with van der Waals surface area (Å²) in [5, 5.41) is 4.91. The summed E-state index contributed by atoms with van der Waals surface area (Å²) in [5.41, 5.74) is 1.06. The molecule has 0 spiro atoms. The van der Waals surface area contributed by atoms with Crippen LogP contribution in [0.5, 0.6) is 11.5 Å². The third-order valence-electron chi connectivity index (χ3n) is 4.78. The molecule has 0 aliphatic heterocycles. The van der Waals surface area contributed by atoms with Crippen molar-refractivity contribution in [3.63, 3.8) is 0 Å². The van der Waals surface area contributed by atoms with Crippen LogP contribution in [0.2, 0.25) is 0 Å². The number of esters is 1. The molecular weight excluding hydrogens is 490 g/mol. The molecule has 0 unspecified atom stereocenters. The van der Waals surface area contributed by atoms with Gasteiger partial charge in [0.2, 0.25) is 0 Å². The molecule has 0 N–H and O–H groups in total. The molecule has 9 heteroatoms. The van der Waals surface area contributed by atoms with Crippen molar-refractivity contribution in [2.45, 2.75) is 39.7 Å². The maximum Gasteiger partial charge on any atom is 0.346 e. The van der Waals surface area contributed by atoms with Crippen LogP contribution in [0.4, 0.5) is 0 Å². The number of carbonyl (C=O) groups excluding carboxylic acids is 1. The number of fused-ring (bicyclic) bond motifs is 1. The molecule has 3 rings (SSSR count). The van der Waals surface area contributed by atoms with Gasteiger partial charge >= 0.3 is 5.97 Å². The second-order valence-electron chi connectivity index (χ2n) is 7.57. The molecule has 0 saturated heterocycles. The number of rotatable bonds is 8. The van der Waals surface area contributed by atoms with Gasteiger partial charge < -0.3 is 14.2 Å². The Hall–Kier alpha value is -3.20. The lowest BCUT2D eigenvalue weighted by Gasteiger charge is -2.16. The lowest BCUT2D eigenvalue weighted by Crippen LogP contribution is -2.25. The van der Waals surface area contributed by atoms with E-state index in [4.69, 9.17) is 14.2 Å². The van der Waals surface area contributed by atoms with Crippen molar-refractivity contribution < 1.29 is 19.0 Å². The minimum absolute atomic E-state index is 0.0162. The minimum atomic E-state index is -0.788. The topological polar surface area (TPSA) is 92.0 Å². The maximum absolute atomic E-state index is 13.2. The molecule has 1 heterocycles. The van der Waals surface area contributed by atoms with Crippen LogP contribution in [0.15, 0.2) is 50.8 Å². The van der Waals surface area contributed by atoms with Crippen LogP contribution in [0, 0.1) is 0 Å². The molecule has 0 aliphatic carbocycles. The summed E-state index contributed by atoms with van der Waals surface area (Å²) in [6.07, 6.45) is 0.776. The van der Waals surface area contributed by atoms with Crippen LogP contribution in [0.25, 0.3) is 10.9 Å². The van der Waals surface area contributed by atoms with Crippen LogP contribution >= 0.6 is 15.9 Å². The van der Waals surface area contributed by atoms with E-state index in [9.17, 15) is 9.59 Å². The summed E-state index contributed by atoms with van der Waals surface area (Å²) in [4.78, 5) is 29.5. The normalized spacial score (nSPS) is 12.3. The summed E-state index contributed by atoms with van der Waals surface area (Å²) < 4.78 is 18.2. The molecule has 1 aromatic heterocycles. The Kier molecular flexibility index (Phi) is 7.86. The fourth-order valence-corrected chi connectivity index (χ4v) is 3.51. The van der Waals surface area contributed by atoms with E-state index >= 15 is 0 Å². The predicted molar refractivity (Wildman–Crippen MR) is 131 cm³/mol. The number of methoxy groups -OCH3 is 1. The third kappa shape index (κ3) is 5.60. The maximum atomic E-state index is 13.2. The van der Waals surface area contributed by atoms with Crippen LogP contribution in [0.1, 0.15) is 45.0 Å². The Bertz CT molecular complexity index is 1250. The van der Waals surface area contributed by atoms with E-state index in [2.05, 4.69) is 26.0 Å². The van der Waals surface area contributed by atoms with Gasteiger partial charge in [0.05, 0.1) is 30.8 Å². The van der Waals surface area contributed by atoms with Crippen molar-refractivity contribution in [3.05, 3.63) is 62.6 Å². The first-order valence-electron chi connectivity index (χ1n) is 10.5. The van der Waals surface area contributed by atoms with Crippen LogP contribution < -0.4 is 15.0 Å². The number of halogens is 1. The van der Waals surface area contributed by atoms with E-state index in [1.54, 1.807) is 37.4 Å². The molecule has 0 saturated carbocycles. The van der Waals surface area contributed by atoms with Crippen molar-refractivity contribution in [2.24, 2.45) is 5.10 Å². The second-order valence-corrected chi connectivity index (χ2v) is 8.49. The first-order valence-corrected chi connectivity index (χ1v) is 11.3. The highest BCUT2D eigenvalue weighted by Crippen LogP contribution is 2.29. The van der Waals surface area contributed by atoms with Gasteiger partial charge in [-0.1, -0.05) is 29.8 Å². The third-order valence-corrected chi connectivity index (χ3v) is 5.27. The number of nitrogens with zero attached hydrogens (tertiary/aromatic N) is 3. The molecule has 2 aromatic carbocycles. The zero-order valence-corrected chi connectivity index (χ0v) is 20.8. The van der Waals surface area contributed by atoms with E-state index in [0.717, 1.165) is 4.47 Å². The van der Waals surface area contributed by atoms with Gasteiger partial charge in [-0.05, 0) is 55.8 Å². The Labute approximate surface area is 200 Å². The Balaban J connectivity index is 2.01. The quantitative estimate of drug-likeness (QED) is 0.323. The minimum Gasteiger partial charge on any atom is -0.490 e. The number of ether oxygens (including phenoxy) is 3. The molecule has 0 bridgehead atoms. The summed E-state index contributed by atoms with van der Waals surface area (Å²) >= 11 is 3.41. The van der Waals surface area contributed by atoms with Crippen LogP contribution in [-0.2, 0) is 9.53 Å². The molecule has 8 nitrogen and oxygen atoms in total. The fraction of sp³-hybridized carbons (Fsp3) is 0.333. The average molecular weight is 516 g/mol. The zero-order valence-electron chi connectivity index (χ0n) is 19.2. The van der Waals surface area contributed by atoms with Gasteiger partial charge in [0.1, 0.15) is 5.82 Å². The van der Waals surface area contributed by atoms with Crippen molar-refractivity contribution in [1.82, 2.24) is 9.66 Å². The molecule has 0 amide bonds. The Morgan fingerprint density at radius 1 is 1.18 bits per heavy atom. The monoisotopic (exact) mass is 515 g/mol. The first-order chi connectivity index (χ1) is 15.7. The van der Waals surface area contributed by atoms with Crippen molar-refractivity contribution in [3.8, 4) is 11.5 Å². The van der Waals surface area contributed by atoms with Gasteiger partial charge in [-0.25, -0.2) is 9.78 Å². The number of aromatic nitrogens is 2. The number of benzene rings is 2. The molecule has 174 valence electrons. The smallest absolute Gasteiger partial charge is 0.346 e. The van der Waals surface area contributed by atoms with E-state index in [-0.39, 0.29) is 11.5 Å². The van der Waals surface area contributed by atoms with E-state index in [1.807, 2.05) is 32.9 Å². The molecule has 1 atom stereocenters. The molecular formula is C24H26BrN3O5. The summed E-state index contributed by atoms with van der Waals surface area (Å²) in [5.74, 6) is 0.915. The van der Waals surface area contributed by atoms with Crippen LogP contribution in [-0.4, -0.2) is 41.7 Å². The van der Waals surface area contributed by atoms with Crippen molar-refractivity contribution in [2.75, 3.05) is 13.7 Å². The first kappa shape index (κ1) is 24.4. The highest BCUT2D eigenvalue weighted by molar-refractivity contribution is 9.10. The predicted octanol–water partition coefficient (Wildman–Crippen LogP) is 4.50. The molecule has 3 aromatic rings.